The fourth-order valence-corrected chi connectivity index (χ4v) is 2.81. The zero-order valence-corrected chi connectivity index (χ0v) is 13.0. The molecule has 1 saturated carbocycles. The van der Waals surface area contributed by atoms with Gasteiger partial charge in [-0.15, -0.1) is 0 Å². The van der Waals surface area contributed by atoms with Gasteiger partial charge < -0.3 is 9.47 Å². The zero-order valence-electron chi connectivity index (χ0n) is 11.4. The highest BCUT2D eigenvalue weighted by molar-refractivity contribution is 9.10. The lowest BCUT2D eigenvalue weighted by molar-refractivity contribution is 0.0774. The molecule has 0 bridgehead atoms. The van der Waals surface area contributed by atoms with E-state index in [1.54, 1.807) is 4.90 Å². The van der Waals surface area contributed by atoms with Gasteiger partial charge in [-0.25, -0.2) is 0 Å². The van der Waals surface area contributed by atoms with Crippen LogP contribution in [-0.4, -0.2) is 22.4 Å². The molecule has 0 unspecified atom stereocenters. The Morgan fingerprint density at radius 1 is 1.30 bits per heavy atom. The minimum atomic E-state index is 0.0812. The average molecular weight is 333 g/mol. The summed E-state index contributed by atoms with van der Waals surface area (Å²) < 4.78 is 3.15. The molecule has 1 aliphatic carbocycles. The monoisotopic (exact) mass is 332 g/mol. The maximum atomic E-state index is 12.6. The van der Waals surface area contributed by atoms with Crippen LogP contribution in [0.5, 0.6) is 0 Å². The van der Waals surface area contributed by atoms with Gasteiger partial charge in [0.15, 0.2) is 0 Å². The number of amides is 1. The second-order valence-electron chi connectivity index (χ2n) is 5.28. The normalized spacial score (nSPS) is 14.3. The summed E-state index contributed by atoms with van der Waals surface area (Å²) in [5.41, 5.74) is 1.91. The van der Waals surface area contributed by atoms with E-state index in [1.807, 2.05) is 49.6 Å². The lowest BCUT2D eigenvalue weighted by Crippen LogP contribution is -2.28. The van der Waals surface area contributed by atoms with Crippen LogP contribution < -0.4 is 0 Å². The highest BCUT2D eigenvalue weighted by atomic mass is 79.9. The van der Waals surface area contributed by atoms with Crippen molar-refractivity contribution < 1.29 is 4.79 Å². The van der Waals surface area contributed by atoms with Crippen molar-refractivity contribution in [2.45, 2.75) is 25.4 Å². The Hall–Kier alpha value is -1.55. The van der Waals surface area contributed by atoms with Crippen molar-refractivity contribution in [1.82, 2.24) is 9.47 Å². The number of hydrogen-bond acceptors (Lipinski definition) is 1. The smallest absolute Gasteiger partial charge is 0.270 e. The van der Waals surface area contributed by atoms with Gasteiger partial charge >= 0.3 is 0 Å². The van der Waals surface area contributed by atoms with Gasteiger partial charge in [0.25, 0.3) is 5.91 Å². The molecule has 0 saturated heterocycles. The molecule has 20 heavy (non-hydrogen) atoms. The molecule has 4 heteroatoms. The quantitative estimate of drug-likeness (QED) is 0.834. The van der Waals surface area contributed by atoms with E-state index in [1.165, 1.54) is 12.8 Å². The standard InChI is InChI=1S/C16H17BrN2O/c1-18(11-12-5-2-3-6-14(12)17)16(20)15-7-4-10-19(15)13-8-9-13/h2-7,10,13H,8-9,11H2,1H3. The molecule has 1 aromatic carbocycles. The minimum absolute atomic E-state index is 0.0812. The number of halogens is 1. The second-order valence-corrected chi connectivity index (χ2v) is 6.14. The van der Waals surface area contributed by atoms with Crippen molar-refractivity contribution in [2.24, 2.45) is 0 Å². The Morgan fingerprint density at radius 2 is 2.05 bits per heavy atom. The highest BCUT2D eigenvalue weighted by Gasteiger charge is 2.27. The summed E-state index contributed by atoms with van der Waals surface area (Å²) in [6.07, 6.45) is 4.38. The van der Waals surface area contributed by atoms with Gasteiger partial charge in [-0.05, 0) is 36.6 Å². The first kappa shape index (κ1) is 13.4. The number of rotatable bonds is 4. The molecule has 0 spiro atoms. The number of carbonyl (C=O) groups is 1. The first-order valence-electron chi connectivity index (χ1n) is 6.82. The van der Waals surface area contributed by atoms with Gasteiger partial charge in [-0.2, -0.15) is 0 Å². The first-order valence-corrected chi connectivity index (χ1v) is 7.62. The molecule has 1 heterocycles. The van der Waals surface area contributed by atoms with Crippen molar-refractivity contribution in [3.63, 3.8) is 0 Å². The molecular weight excluding hydrogens is 316 g/mol. The largest absolute Gasteiger partial charge is 0.340 e. The van der Waals surface area contributed by atoms with Crippen LogP contribution in [0.15, 0.2) is 47.1 Å². The van der Waals surface area contributed by atoms with Crippen molar-refractivity contribution in [1.29, 1.82) is 0 Å². The molecule has 1 aliphatic rings. The van der Waals surface area contributed by atoms with E-state index in [-0.39, 0.29) is 5.91 Å². The van der Waals surface area contributed by atoms with Crippen LogP contribution in [0.3, 0.4) is 0 Å². The average Bonchev–Trinajstić information content (AvgIpc) is 3.18. The van der Waals surface area contributed by atoms with E-state index in [0.29, 0.717) is 12.6 Å². The van der Waals surface area contributed by atoms with Gasteiger partial charge in [0.05, 0.1) is 0 Å². The number of aromatic nitrogens is 1. The van der Waals surface area contributed by atoms with Crippen LogP contribution >= 0.6 is 15.9 Å². The number of nitrogens with zero attached hydrogens (tertiary/aromatic N) is 2. The summed E-state index contributed by atoms with van der Waals surface area (Å²) >= 11 is 3.53. The molecule has 0 N–H and O–H groups in total. The van der Waals surface area contributed by atoms with Crippen LogP contribution in [-0.2, 0) is 6.54 Å². The minimum Gasteiger partial charge on any atom is -0.340 e. The molecule has 0 radical (unpaired) electrons. The topological polar surface area (TPSA) is 25.2 Å². The van der Waals surface area contributed by atoms with Crippen LogP contribution in [0.2, 0.25) is 0 Å². The van der Waals surface area contributed by atoms with E-state index < -0.39 is 0 Å². The molecule has 1 fully saturated rings. The van der Waals surface area contributed by atoms with E-state index in [0.717, 1.165) is 15.7 Å². The molecule has 2 aromatic rings. The summed E-state index contributed by atoms with van der Waals surface area (Å²) in [6, 6.07) is 12.4. The van der Waals surface area contributed by atoms with Crippen LogP contribution in [0, 0.1) is 0 Å². The van der Waals surface area contributed by atoms with Crippen LogP contribution in [0.1, 0.15) is 34.9 Å². The summed E-state index contributed by atoms with van der Waals surface area (Å²) in [5.74, 6) is 0.0812. The second kappa shape index (κ2) is 5.44. The third-order valence-corrected chi connectivity index (χ3v) is 4.42. The molecule has 0 aliphatic heterocycles. The molecule has 3 rings (SSSR count). The van der Waals surface area contributed by atoms with Gasteiger partial charge in [0.2, 0.25) is 0 Å². The van der Waals surface area contributed by atoms with Crippen molar-refractivity contribution in [2.75, 3.05) is 7.05 Å². The van der Waals surface area contributed by atoms with Gasteiger partial charge in [0, 0.05) is 30.3 Å². The van der Waals surface area contributed by atoms with Crippen LogP contribution in [0.4, 0.5) is 0 Å². The van der Waals surface area contributed by atoms with Crippen LogP contribution in [0.25, 0.3) is 0 Å². The van der Waals surface area contributed by atoms with E-state index in [2.05, 4.69) is 20.5 Å². The molecular formula is C16H17BrN2O. The first-order chi connectivity index (χ1) is 9.66. The van der Waals surface area contributed by atoms with Crippen molar-refractivity contribution in [3.8, 4) is 0 Å². The van der Waals surface area contributed by atoms with Gasteiger partial charge in [-0.1, -0.05) is 34.1 Å². The zero-order chi connectivity index (χ0) is 14.1. The maximum absolute atomic E-state index is 12.6. The summed E-state index contributed by atoms with van der Waals surface area (Å²) in [4.78, 5) is 14.3. The lowest BCUT2D eigenvalue weighted by Gasteiger charge is -2.19. The van der Waals surface area contributed by atoms with Crippen molar-refractivity contribution >= 4 is 21.8 Å². The predicted molar refractivity (Wildman–Crippen MR) is 82.6 cm³/mol. The third kappa shape index (κ3) is 2.66. The Bertz CT molecular complexity index is 631. The van der Waals surface area contributed by atoms with Gasteiger partial charge in [-0.3, -0.25) is 4.79 Å². The lowest BCUT2D eigenvalue weighted by atomic mass is 10.2. The predicted octanol–water partition coefficient (Wildman–Crippen LogP) is 3.86. The number of hydrogen-bond donors (Lipinski definition) is 0. The highest BCUT2D eigenvalue weighted by Crippen LogP contribution is 2.36. The summed E-state index contributed by atoms with van der Waals surface area (Å²) in [5, 5.41) is 0. The van der Waals surface area contributed by atoms with E-state index in [4.69, 9.17) is 0 Å². The Balaban J connectivity index is 1.76. The molecule has 1 aromatic heterocycles. The molecule has 3 nitrogen and oxygen atoms in total. The molecule has 0 atom stereocenters. The van der Waals surface area contributed by atoms with Gasteiger partial charge in [0.1, 0.15) is 5.69 Å². The SMILES string of the molecule is CN(Cc1ccccc1Br)C(=O)c1cccn1C1CC1. The number of benzene rings is 1. The summed E-state index contributed by atoms with van der Waals surface area (Å²) in [6.45, 7) is 0.607. The Labute approximate surface area is 127 Å². The third-order valence-electron chi connectivity index (χ3n) is 3.65. The number of carbonyl (C=O) groups excluding carboxylic acids is 1. The summed E-state index contributed by atoms with van der Waals surface area (Å²) in [7, 11) is 1.85. The molecule has 104 valence electrons. The Morgan fingerprint density at radius 3 is 2.75 bits per heavy atom. The Kier molecular flexibility index (Phi) is 3.66. The fraction of sp³-hybridized carbons (Fsp3) is 0.312. The maximum Gasteiger partial charge on any atom is 0.270 e. The van der Waals surface area contributed by atoms with Crippen molar-refractivity contribution in [3.05, 3.63) is 58.3 Å². The molecule has 1 amide bonds. The fourth-order valence-electron chi connectivity index (χ4n) is 2.40. The van der Waals surface area contributed by atoms with E-state index in [9.17, 15) is 4.79 Å². The van der Waals surface area contributed by atoms with E-state index >= 15 is 0 Å².